The van der Waals surface area contributed by atoms with Gasteiger partial charge in [-0.05, 0) is 37.8 Å². The third kappa shape index (κ3) is 4.32. The fourth-order valence-electron chi connectivity index (χ4n) is 3.67. The molecule has 1 aromatic heterocycles. The number of imidazole rings is 1. The number of rotatable bonds is 8. The second-order valence-electron chi connectivity index (χ2n) is 7.39. The summed E-state index contributed by atoms with van der Waals surface area (Å²) < 4.78 is 26.2. The zero-order chi connectivity index (χ0) is 20.5. The second-order valence-corrected chi connectivity index (χ2v) is 10.4. The van der Waals surface area contributed by atoms with E-state index in [1.807, 2.05) is 0 Å². The van der Waals surface area contributed by atoms with Gasteiger partial charge in [0.05, 0.1) is 21.1 Å². The Morgan fingerprint density at radius 1 is 1.21 bits per heavy atom. The topological polar surface area (TPSA) is 107 Å². The van der Waals surface area contributed by atoms with Gasteiger partial charge in [-0.3, -0.25) is 0 Å². The minimum atomic E-state index is -4.21. The normalized spacial score (nSPS) is 16.5. The van der Waals surface area contributed by atoms with Crippen LogP contribution in [-0.2, 0) is 16.4 Å². The fourth-order valence-corrected chi connectivity index (χ4v) is 5.47. The summed E-state index contributed by atoms with van der Waals surface area (Å²) in [4.78, 5) is 7.64. The number of sulfonamides is 1. The van der Waals surface area contributed by atoms with E-state index in [1.54, 1.807) is 12.1 Å². The van der Waals surface area contributed by atoms with Crippen LogP contribution in [0.1, 0.15) is 44.3 Å². The number of aryl methyl sites for hydroxylation is 1. The molecule has 0 saturated heterocycles. The number of hydrogen-bond acceptors (Lipinski definition) is 5. The smallest absolute Gasteiger partial charge is 0.286 e. The largest absolute Gasteiger partial charge is 0.352 e. The van der Waals surface area contributed by atoms with E-state index in [0.29, 0.717) is 42.1 Å². The zero-order valence-corrected chi connectivity index (χ0v) is 18.0. The molecule has 0 unspecified atom stereocenters. The van der Waals surface area contributed by atoms with Crippen LogP contribution in [-0.4, -0.2) is 51.6 Å². The first-order valence-corrected chi connectivity index (χ1v) is 11.6. The average molecular weight is 450 g/mol. The Morgan fingerprint density at radius 3 is 2.54 bits per heavy atom. The van der Waals surface area contributed by atoms with Crippen molar-refractivity contribution in [2.45, 2.75) is 50.1 Å². The molecule has 0 radical (unpaired) electrons. The molecule has 3 rings (SSSR count). The summed E-state index contributed by atoms with van der Waals surface area (Å²) in [7, 11) is -2.82. The Hall–Kier alpha value is -0.900. The second kappa shape index (κ2) is 8.45. The van der Waals surface area contributed by atoms with Gasteiger partial charge >= 0.3 is 0 Å². The highest BCUT2D eigenvalue weighted by molar-refractivity contribution is 7.90. The van der Waals surface area contributed by atoms with Crippen LogP contribution in [0.25, 0.3) is 11.0 Å². The summed E-state index contributed by atoms with van der Waals surface area (Å²) in [6.07, 6.45) is 4.55. The Morgan fingerprint density at radius 2 is 1.86 bits per heavy atom. The minimum absolute atomic E-state index is 0.204. The van der Waals surface area contributed by atoms with Gasteiger partial charge in [-0.1, -0.05) is 36.0 Å². The van der Waals surface area contributed by atoms with Gasteiger partial charge in [0.25, 0.3) is 15.1 Å². The molecule has 2 aromatic rings. The molecule has 0 aliphatic heterocycles. The maximum Gasteiger partial charge on any atom is 0.286 e. The summed E-state index contributed by atoms with van der Waals surface area (Å²) in [5.41, 5.74) is 1.53. The van der Waals surface area contributed by atoms with Gasteiger partial charge in [-0.25, -0.2) is 17.7 Å². The molecule has 3 N–H and O–H groups in total. The van der Waals surface area contributed by atoms with Gasteiger partial charge in [-0.2, -0.15) is 0 Å². The lowest BCUT2D eigenvalue weighted by molar-refractivity contribution is -0.129. The third-order valence-corrected chi connectivity index (χ3v) is 8.20. The fraction of sp³-hybridized carbons (Fsp3) is 0.611. The molecule has 1 aliphatic carbocycles. The molecule has 156 valence electrons. The van der Waals surface area contributed by atoms with Crippen LogP contribution < -0.4 is 0 Å². The van der Waals surface area contributed by atoms with Crippen LogP contribution in [0, 0.1) is 5.92 Å². The van der Waals surface area contributed by atoms with E-state index in [4.69, 9.17) is 23.2 Å². The van der Waals surface area contributed by atoms with Crippen molar-refractivity contribution in [2.75, 3.05) is 13.6 Å². The molecule has 1 heterocycles. The predicted molar refractivity (Wildman–Crippen MR) is 110 cm³/mol. The van der Waals surface area contributed by atoms with Crippen molar-refractivity contribution in [3.8, 4) is 0 Å². The first-order valence-electron chi connectivity index (χ1n) is 9.37. The number of aliphatic hydroxyl groups is 2. The first-order chi connectivity index (χ1) is 13.1. The average Bonchev–Trinajstić information content (AvgIpc) is 3.28. The number of nitrogens with zero attached hydrogens (tertiary/aromatic N) is 2. The number of nitrogens with one attached hydrogen (secondary N) is 1. The standard InChI is InChI=1S/C18H25Cl2N3O4S/c1-23(28(26,27)18(24,25)12-6-2-3-7-12)9-5-4-8-17-21-15-10-13(19)14(20)11-16(15)22-17/h10-12,24-25H,2-9H2,1H3,(H,21,22). The first kappa shape index (κ1) is 21.8. The number of benzene rings is 1. The molecular formula is C18H25Cl2N3O4S. The number of halogens is 2. The highest BCUT2D eigenvalue weighted by atomic mass is 35.5. The van der Waals surface area contributed by atoms with E-state index in [9.17, 15) is 18.6 Å². The number of unbranched alkanes of at least 4 members (excludes halogenated alkanes) is 1. The Balaban J connectivity index is 1.54. The Labute approximate surface area is 174 Å². The van der Waals surface area contributed by atoms with Gasteiger partial charge in [0, 0.05) is 25.9 Å². The molecule has 28 heavy (non-hydrogen) atoms. The molecule has 0 bridgehead atoms. The van der Waals surface area contributed by atoms with Crippen molar-refractivity contribution in [3.05, 3.63) is 28.0 Å². The van der Waals surface area contributed by atoms with Crippen LogP contribution in [0.2, 0.25) is 10.0 Å². The quantitative estimate of drug-likeness (QED) is 0.423. The molecule has 10 heteroatoms. The molecule has 1 saturated carbocycles. The lowest BCUT2D eigenvalue weighted by Crippen LogP contribution is -2.51. The van der Waals surface area contributed by atoms with Crippen molar-refractivity contribution in [1.82, 2.24) is 14.3 Å². The minimum Gasteiger partial charge on any atom is -0.352 e. The van der Waals surface area contributed by atoms with Gasteiger partial charge < -0.3 is 15.2 Å². The van der Waals surface area contributed by atoms with E-state index in [2.05, 4.69) is 9.97 Å². The molecule has 1 fully saturated rings. The maximum absolute atomic E-state index is 12.6. The molecule has 0 amide bonds. The molecular weight excluding hydrogens is 425 g/mol. The monoisotopic (exact) mass is 449 g/mol. The van der Waals surface area contributed by atoms with Crippen molar-refractivity contribution < 1.29 is 18.6 Å². The highest BCUT2D eigenvalue weighted by Crippen LogP contribution is 2.36. The molecule has 1 aromatic carbocycles. The van der Waals surface area contributed by atoms with Crippen LogP contribution in [0.5, 0.6) is 0 Å². The lowest BCUT2D eigenvalue weighted by atomic mass is 10.1. The van der Waals surface area contributed by atoms with Gasteiger partial charge in [0.2, 0.25) is 0 Å². The SMILES string of the molecule is CN(CCCCc1nc2cc(Cl)c(Cl)cc2[nH]1)S(=O)(=O)C(O)(O)C1CCCC1. The number of aromatic nitrogens is 2. The van der Waals surface area contributed by atoms with Crippen LogP contribution in [0.15, 0.2) is 12.1 Å². The van der Waals surface area contributed by atoms with E-state index < -0.39 is 21.1 Å². The maximum atomic E-state index is 12.6. The molecule has 1 aliphatic rings. The lowest BCUT2D eigenvalue weighted by Gasteiger charge is -2.31. The van der Waals surface area contributed by atoms with Crippen LogP contribution in [0.4, 0.5) is 0 Å². The molecule has 7 nitrogen and oxygen atoms in total. The summed E-state index contributed by atoms with van der Waals surface area (Å²) in [5, 5.41) is 18.7. The number of hydrogen-bond donors (Lipinski definition) is 3. The highest BCUT2D eigenvalue weighted by Gasteiger charge is 2.49. The van der Waals surface area contributed by atoms with Crippen LogP contribution in [0.3, 0.4) is 0 Å². The number of H-pyrrole nitrogens is 1. The van der Waals surface area contributed by atoms with Gasteiger partial charge in [0.1, 0.15) is 5.82 Å². The molecule has 0 atom stereocenters. The van der Waals surface area contributed by atoms with E-state index in [-0.39, 0.29) is 6.54 Å². The number of aromatic amines is 1. The van der Waals surface area contributed by atoms with Gasteiger partial charge in [0.15, 0.2) is 0 Å². The van der Waals surface area contributed by atoms with E-state index in [1.165, 1.54) is 7.05 Å². The summed E-state index contributed by atoms with van der Waals surface area (Å²) in [6, 6.07) is 3.42. The number of fused-ring (bicyclic) bond motifs is 1. The third-order valence-electron chi connectivity index (χ3n) is 5.39. The summed E-state index contributed by atoms with van der Waals surface area (Å²) in [6.45, 7) is 0.204. The van der Waals surface area contributed by atoms with Crippen molar-refractivity contribution in [3.63, 3.8) is 0 Å². The van der Waals surface area contributed by atoms with Gasteiger partial charge in [-0.15, -0.1) is 0 Å². The summed E-state index contributed by atoms with van der Waals surface area (Å²) >= 11 is 12.0. The van der Waals surface area contributed by atoms with Crippen LogP contribution >= 0.6 is 23.2 Å². The Kier molecular flexibility index (Phi) is 6.58. The predicted octanol–water partition coefficient (Wildman–Crippen LogP) is 3.28. The van der Waals surface area contributed by atoms with Crippen molar-refractivity contribution in [1.29, 1.82) is 0 Å². The van der Waals surface area contributed by atoms with Crippen molar-refractivity contribution in [2.24, 2.45) is 5.92 Å². The Bertz CT molecular complexity index is 901. The summed E-state index contributed by atoms with van der Waals surface area (Å²) in [5.74, 6) is 0.137. The van der Waals surface area contributed by atoms with E-state index >= 15 is 0 Å². The zero-order valence-electron chi connectivity index (χ0n) is 15.7. The van der Waals surface area contributed by atoms with E-state index in [0.717, 1.165) is 34.0 Å². The molecule has 0 spiro atoms. The van der Waals surface area contributed by atoms with Crippen molar-refractivity contribution >= 4 is 44.3 Å².